The Balaban J connectivity index is 2.35. The Kier molecular flexibility index (Phi) is 7.73. The molecule has 0 amide bonds. The Bertz CT molecular complexity index is 472. The van der Waals surface area contributed by atoms with Crippen molar-refractivity contribution in [1.29, 1.82) is 0 Å². The molecule has 21 heavy (non-hydrogen) atoms. The van der Waals surface area contributed by atoms with Gasteiger partial charge in [0.15, 0.2) is 0 Å². The molecule has 1 aromatic rings. The SMILES string of the molecule is COCCOCCCNCc1cc([N+](=O)[O-])c(F)cc1F. The Labute approximate surface area is 121 Å². The highest BCUT2D eigenvalue weighted by Gasteiger charge is 2.17. The third-order valence-electron chi connectivity index (χ3n) is 2.70. The molecule has 0 saturated carbocycles. The van der Waals surface area contributed by atoms with Crippen molar-refractivity contribution in [3.63, 3.8) is 0 Å². The van der Waals surface area contributed by atoms with Crippen molar-refractivity contribution >= 4 is 5.69 Å². The van der Waals surface area contributed by atoms with E-state index >= 15 is 0 Å². The van der Waals surface area contributed by atoms with E-state index in [1.165, 1.54) is 0 Å². The van der Waals surface area contributed by atoms with Crippen LogP contribution >= 0.6 is 0 Å². The van der Waals surface area contributed by atoms with Gasteiger partial charge in [0.1, 0.15) is 5.82 Å². The lowest BCUT2D eigenvalue weighted by molar-refractivity contribution is -0.387. The summed E-state index contributed by atoms with van der Waals surface area (Å²) in [6.45, 7) is 2.21. The zero-order valence-corrected chi connectivity index (χ0v) is 11.7. The smallest absolute Gasteiger partial charge is 0.305 e. The number of hydrogen-bond acceptors (Lipinski definition) is 5. The maximum absolute atomic E-state index is 13.5. The van der Waals surface area contributed by atoms with Gasteiger partial charge >= 0.3 is 5.69 Å². The van der Waals surface area contributed by atoms with E-state index in [1.807, 2.05) is 0 Å². The molecule has 0 bridgehead atoms. The molecule has 0 radical (unpaired) electrons. The molecule has 0 heterocycles. The van der Waals surface area contributed by atoms with Crippen LogP contribution in [0.3, 0.4) is 0 Å². The lowest BCUT2D eigenvalue weighted by Gasteiger charge is -2.07. The number of methoxy groups -OCH3 is 1. The number of nitro groups is 1. The van der Waals surface area contributed by atoms with E-state index in [4.69, 9.17) is 9.47 Å². The summed E-state index contributed by atoms with van der Waals surface area (Å²) in [5.74, 6) is -1.98. The standard InChI is InChI=1S/C13H18F2N2O4/c1-20-5-6-21-4-2-3-16-9-10-7-13(17(18)19)12(15)8-11(10)14/h7-8,16H,2-6,9H2,1H3. The van der Waals surface area contributed by atoms with Crippen LogP contribution < -0.4 is 5.32 Å². The van der Waals surface area contributed by atoms with Gasteiger partial charge in [0, 0.05) is 38.0 Å². The van der Waals surface area contributed by atoms with E-state index in [1.54, 1.807) is 7.11 Å². The van der Waals surface area contributed by atoms with Crippen LogP contribution in [0, 0.1) is 21.7 Å². The fraction of sp³-hybridized carbons (Fsp3) is 0.538. The van der Waals surface area contributed by atoms with E-state index in [9.17, 15) is 18.9 Å². The second-order valence-electron chi connectivity index (χ2n) is 4.29. The monoisotopic (exact) mass is 304 g/mol. The van der Waals surface area contributed by atoms with E-state index in [0.717, 1.165) is 6.07 Å². The summed E-state index contributed by atoms with van der Waals surface area (Å²) in [4.78, 5) is 9.71. The van der Waals surface area contributed by atoms with Crippen molar-refractivity contribution in [3.05, 3.63) is 39.4 Å². The molecular formula is C13H18F2N2O4. The predicted octanol–water partition coefficient (Wildman–Crippen LogP) is 2.02. The van der Waals surface area contributed by atoms with Gasteiger partial charge in [-0.2, -0.15) is 4.39 Å². The molecule has 0 aliphatic rings. The predicted molar refractivity (Wildman–Crippen MR) is 72.0 cm³/mol. The summed E-state index contributed by atoms with van der Waals surface area (Å²) in [7, 11) is 1.58. The first-order valence-corrected chi connectivity index (χ1v) is 6.46. The van der Waals surface area contributed by atoms with Crippen LogP contribution in [0.2, 0.25) is 0 Å². The van der Waals surface area contributed by atoms with Crippen LogP contribution in [0.15, 0.2) is 12.1 Å². The van der Waals surface area contributed by atoms with Gasteiger partial charge in [-0.15, -0.1) is 0 Å². The Hall–Kier alpha value is -1.64. The van der Waals surface area contributed by atoms with E-state index in [2.05, 4.69) is 5.32 Å². The second kappa shape index (κ2) is 9.32. The van der Waals surface area contributed by atoms with Crippen molar-refractivity contribution in [2.24, 2.45) is 0 Å². The quantitative estimate of drug-likeness (QED) is 0.407. The van der Waals surface area contributed by atoms with Crippen molar-refractivity contribution in [3.8, 4) is 0 Å². The van der Waals surface area contributed by atoms with Crippen LogP contribution in [0.25, 0.3) is 0 Å². The van der Waals surface area contributed by atoms with Crippen LogP contribution in [0.1, 0.15) is 12.0 Å². The first-order valence-electron chi connectivity index (χ1n) is 6.46. The van der Waals surface area contributed by atoms with E-state index in [0.29, 0.717) is 38.9 Å². The fourth-order valence-corrected chi connectivity index (χ4v) is 1.62. The normalized spacial score (nSPS) is 10.8. The molecule has 0 unspecified atom stereocenters. The number of benzene rings is 1. The van der Waals surface area contributed by atoms with Crippen LogP contribution in [0.5, 0.6) is 0 Å². The first-order chi connectivity index (χ1) is 10.1. The third kappa shape index (κ3) is 6.11. The molecule has 0 saturated heterocycles. The lowest BCUT2D eigenvalue weighted by Crippen LogP contribution is -2.18. The Morgan fingerprint density at radius 3 is 2.67 bits per heavy atom. The summed E-state index contributed by atoms with van der Waals surface area (Å²) in [5.41, 5.74) is -0.667. The van der Waals surface area contributed by atoms with Crippen molar-refractivity contribution in [1.82, 2.24) is 5.32 Å². The Morgan fingerprint density at radius 1 is 1.24 bits per heavy atom. The molecule has 0 spiro atoms. The van der Waals surface area contributed by atoms with Gasteiger partial charge in [0.2, 0.25) is 5.82 Å². The van der Waals surface area contributed by atoms with E-state index < -0.39 is 22.2 Å². The van der Waals surface area contributed by atoms with Gasteiger partial charge < -0.3 is 14.8 Å². The molecule has 8 heteroatoms. The topological polar surface area (TPSA) is 73.6 Å². The molecule has 0 aliphatic heterocycles. The van der Waals surface area contributed by atoms with Crippen molar-refractivity contribution in [2.75, 3.05) is 33.5 Å². The van der Waals surface area contributed by atoms with Gasteiger partial charge in [-0.1, -0.05) is 0 Å². The summed E-state index contributed by atoms with van der Waals surface area (Å²) < 4.78 is 36.7. The third-order valence-corrected chi connectivity index (χ3v) is 2.70. The highest BCUT2D eigenvalue weighted by atomic mass is 19.1. The number of halogens is 2. The molecule has 1 N–H and O–H groups in total. The van der Waals surface area contributed by atoms with Gasteiger partial charge in [-0.3, -0.25) is 10.1 Å². The minimum atomic E-state index is -1.17. The van der Waals surface area contributed by atoms with Gasteiger partial charge in [0.05, 0.1) is 18.1 Å². The molecule has 1 rings (SSSR count). The van der Waals surface area contributed by atoms with Crippen molar-refractivity contribution < 1.29 is 23.2 Å². The molecule has 0 atom stereocenters. The van der Waals surface area contributed by atoms with Gasteiger partial charge in [0.25, 0.3) is 0 Å². The summed E-state index contributed by atoms with van der Waals surface area (Å²) in [6.07, 6.45) is 0.703. The van der Waals surface area contributed by atoms with E-state index in [-0.39, 0.29) is 12.1 Å². The van der Waals surface area contributed by atoms with Crippen LogP contribution in [-0.4, -0.2) is 38.4 Å². The highest BCUT2D eigenvalue weighted by molar-refractivity contribution is 5.37. The summed E-state index contributed by atoms with van der Waals surface area (Å²) >= 11 is 0. The number of hydrogen-bond donors (Lipinski definition) is 1. The van der Waals surface area contributed by atoms with Crippen molar-refractivity contribution in [2.45, 2.75) is 13.0 Å². The number of ether oxygens (including phenoxy) is 2. The minimum absolute atomic E-state index is 0.0587. The second-order valence-corrected chi connectivity index (χ2v) is 4.29. The maximum Gasteiger partial charge on any atom is 0.305 e. The largest absolute Gasteiger partial charge is 0.382 e. The molecule has 1 aromatic carbocycles. The maximum atomic E-state index is 13.5. The zero-order chi connectivity index (χ0) is 15.7. The average molecular weight is 304 g/mol. The Morgan fingerprint density at radius 2 is 2.00 bits per heavy atom. The number of nitro benzene ring substituents is 1. The van der Waals surface area contributed by atoms with Gasteiger partial charge in [-0.25, -0.2) is 4.39 Å². The average Bonchev–Trinajstić information content (AvgIpc) is 2.43. The number of nitrogens with one attached hydrogen (secondary N) is 1. The zero-order valence-electron chi connectivity index (χ0n) is 11.7. The molecule has 0 aliphatic carbocycles. The fourth-order valence-electron chi connectivity index (χ4n) is 1.62. The molecule has 6 nitrogen and oxygen atoms in total. The first kappa shape index (κ1) is 17.4. The molecule has 0 aromatic heterocycles. The van der Waals surface area contributed by atoms with Gasteiger partial charge in [-0.05, 0) is 13.0 Å². The summed E-state index contributed by atoms with van der Waals surface area (Å²) in [6, 6.07) is 1.44. The minimum Gasteiger partial charge on any atom is -0.382 e. The number of nitrogens with zero attached hydrogens (tertiary/aromatic N) is 1. The molecule has 0 fully saturated rings. The highest BCUT2D eigenvalue weighted by Crippen LogP contribution is 2.21. The molecule has 118 valence electrons. The lowest BCUT2D eigenvalue weighted by atomic mass is 10.1. The van der Waals surface area contributed by atoms with Crippen LogP contribution in [-0.2, 0) is 16.0 Å². The number of rotatable bonds is 10. The molecular weight excluding hydrogens is 286 g/mol. The van der Waals surface area contributed by atoms with Crippen LogP contribution in [0.4, 0.5) is 14.5 Å². The summed E-state index contributed by atoms with van der Waals surface area (Å²) in [5, 5.41) is 13.5.